The van der Waals surface area contributed by atoms with Crippen molar-refractivity contribution in [2.45, 2.75) is 25.3 Å². The third-order valence-corrected chi connectivity index (χ3v) is 4.27. The van der Waals surface area contributed by atoms with Gasteiger partial charge in [0.1, 0.15) is 5.82 Å². The molecule has 0 bridgehead atoms. The summed E-state index contributed by atoms with van der Waals surface area (Å²) < 4.78 is 26.7. The molecule has 0 saturated heterocycles. The highest BCUT2D eigenvalue weighted by atomic mass is 32.2. The van der Waals surface area contributed by atoms with E-state index in [0.717, 1.165) is 0 Å². The maximum absolute atomic E-state index is 12.1. The Morgan fingerprint density at radius 2 is 1.86 bits per heavy atom. The smallest absolute Gasteiger partial charge is 0.240 e. The van der Waals surface area contributed by atoms with Crippen LogP contribution in [0.1, 0.15) is 28.8 Å². The van der Waals surface area contributed by atoms with Crippen molar-refractivity contribution < 1.29 is 13.2 Å². The van der Waals surface area contributed by atoms with Crippen LogP contribution in [0.3, 0.4) is 0 Å². The molecule has 0 aliphatic heterocycles. The van der Waals surface area contributed by atoms with Crippen LogP contribution >= 0.6 is 0 Å². The SMILES string of the molecule is CC(=O)c1ccc(S(=O)(=O)NCc2ccnc(C)n2)cc1. The van der Waals surface area contributed by atoms with Crippen LogP contribution in [-0.2, 0) is 16.6 Å². The first-order chi connectivity index (χ1) is 9.88. The van der Waals surface area contributed by atoms with Gasteiger partial charge < -0.3 is 0 Å². The first-order valence-electron chi connectivity index (χ1n) is 6.28. The number of nitrogens with one attached hydrogen (secondary N) is 1. The fraction of sp³-hybridized carbons (Fsp3) is 0.214. The number of aromatic nitrogens is 2. The number of sulfonamides is 1. The summed E-state index contributed by atoms with van der Waals surface area (Å²) in [5, 5.41) is 0. The molecule has 0 amide bonds. The van der Waals surface area contributed by atoms with Crippen LogP contribution in [-0.4, -0.2) is 24.2 Å². The second kappa shape index (κ2) is 6.11. The van der Waals surface area contributed by atoms with Crippen LogP contribution in [0.2, 0.25) is 0 Å². The zero-order valence-electron chi connectivity index (χ0n) is 11.7. The molecule has 7 heteroatoms. The second-order valence-electron chi connectivity index (χ2n) is 4.50. The van der Waals surface area contributed by atoms with E-state index < -0.39 is 10.0 Å². The van der Waals surface area contributed by atoms with Crippen LogP contribution in [0.4, 0.5) is 0 Å². The first-order valence-corrected chi connectivity index (χ1v) is 7.76. The number of rotatable bonds is 5. The van der Waals surface area contributed by atoms with Crippen molar-refractivity contribution in [2.24, 2.45) is 0 Å². The Balaban J connectivity index is 2.13. The van der Waals surface area contributed by atoms with Gasteiger partial charge in [-0.15, -0.1) is 0 Å². The average molecular weight is 305 g/mol. The van der Waals surface area contributed by atoms with E-state index in [1.807, 2.05) is 0 Å². The van der Waals surface area contributed by atoms with Gasteiger partial charge in [-0.3, -0.25) is 4.79 Å². The van der Waals surface area contributed by atoms with Crippen molar-refractivity contribution in [1.29, 1.82) is 0 Å². The number of ketones is 1. The van der Waals surface area contributed by atoms with Crippen molar-refractivity contribution in [2.75, 3.05) is 0 Å². The minimum absolute atomic E-state index is 0.0835. The molecule has 0 fully saturated rings. The molecule has 1 aromatic carbocycles. The van der Waals surface area contributed by atoms with E-state index >= 15 is 0 Å². The average Bonchev–Trinajstić information content (AvgIpc) is 2.45. The Labute approximate surface area is 123 Å². The van der Waals surface area contributed by atoms with E-state index in [1.54, 1.807) is 19.2 Å². The first kappa shape index (κ1) is 15.3. The van der Waals surface area contributed by atoms with Gasteiger partial charge in [-0.1, -0.05) is 12.1 Å². The number of carbonyl (C=O) groups is 1. The molecule has 1 heterocycles. The molecular weight excluding hydrogens is 290 g/mol. The monoisotopic (exact) mass is 305 g/mol. The standard InChI is InChI=1S/C14H15N3O3S/c1-10(18)12-3-5-14(6-4-12)21(19,20)16-9-13-7-8-15-11(2)17-13/h3-8,16H,9H2,1-2H3. The minimum Gasteiger partial charge on any atom is -0.295 e. The van der Waals surface area contributed by atoms with Gasteiger partial charge in [0.2, 0.25) is 10.0 Å². The van der Waals surface area contributed by atoms with Gasteiger partial charge in [0.25, 0.3) is 0 Å². The Hall–Kier alpha value is -2.12. The van der Waals surface area contributed by atoms with E-state index in [4.69, 9.17) is 0 Å². The Morgan fingerprint density at radius 3 is 2.43 bits per heavy atom. The number of carbonyl (C=O) groups excluding carboxylic acids is 1. The molecule has 0 atom stereocenters. The van der Waals surface area contributed by atoms with Gasteiger partial charge in [-0.25, -0.2) is 23.1 Å². The van der Waals surface area contributed by atoms with Gasteiger partial charge in [0.05, 0.1) is 17.1 Å². The lowest BCUT2D eigenvalue weighted by Crippen LogP contribution is -2.24. The van der Waals surface area contributed by atoms with E-state index in [9.17, 15) is 13.2 Å². The molecule has 1 N–H and O–H groups in total. The number of aryl methyl sites for hydroxylation is 1. The van der Waals surface area contributed by atoms with Gasteiger partial charge in [0, 0.05) is 11.8 Å². The molecule has 0 aliphatic rings. The molecule has 1 aromatic heterocycles. The number of nitrogens with zero attached hydrogens (tertiary/aromatic N) is 2. The quantitative estimate of drug-likeness (QED) is 0.845. The van der Waals surface area contributed by atoms with Crippen LogP contribution < -0.4 is 4.72 Å². The highest BCUT2D eigenvalue weighted by molar-refractivity contribution is 7.89. The third-order valence-electron chi connectivity index (χ3n) is 2.85. The number of Topliss-reactive ketones (excluding diaryl/α,β-unsaturated/α-hetero) is 1. The topological polar surface area (TPSA) is 89.0 Å². The zero-order chi connectivity index (χ0) is 15.5. The van der Waals surface area contributed by atoms with Gasteiger partial charge in [-0.05, 0) is 32.0 Å². The summed E-state index contributed by atoms with van der Waals surface area (Å²) >= 11 is 0. The number of hydrogen-bond donors (Lipinski definition) is 1. The zero-order valence-corrected chi connectivity index (χ0v) is 12.5. The van der Waals surface area contributed by atoms with Crippen LogP contribution in [0.15, 0.2) is 41.4 Å². The molecule has 0 radical (unpaired) electrons. The summed E-state index contributed by atoms with van der Waals surface area (Å²) in [6.45, 7) is 3.25. The fourth-order valence-corrected chi connectivity index (χ4v) is 2.72. The Morgan fingerprint density at radius 1 is 1.19 bits per heavy atom. The van der Waals surface area contributed by atoms with Crippen molar-refractivity contribution in [3.05, 3.63) is 53.6 Å². The van der Waals surface area contributed by atoms with Gasteiger partial charge >= 0.3 is 0 Å². The molecule has 2 aromatic rings. The minimum atomic E-state index is -3.64. The summed E-state index contributed by atoms with van der Waals surface area (Å²) in [6, 6.07) is 7.44. The molecule has 6 nitrogen and oxygen atoms in total. The fourth-order valence-electron chi connectivity index (χ4n) is 1.72. The van der Waals surface area contributed by atoms with Crippen molar-refractivity contribution in [3.8, 4) is 0 Å². The maximum Gasteiger partial charge on any atom is 0.240 e. The third kappa shape index (κ3) is 3.93. The molecular formula is C14H15N3O3S. The normalized spacial score (nSPS) is 11.3. The maximum atomic E-state index is 12.1. The summed E-state index contributed by atoms with van der Waals surface area (Å²) in [5.41, 5.74) is 1.06. The Kier molecular flexibility index (Phi) is 4.44. The number of benzene rings is 1. The number of hydrogen-bond acceptors (Lipinski definition) is 5. The highest BCUT2D eigenvalue weighted by Gasteiger charge is 2.14. The van der Waals surface area contributed by atoms with E-state index in [-0.39, 0.29) is 17.2 Å². The predicted octanol–water partition coefficient (Wildman–Crippen LogP) is 1.47. The highest BCUT2D eigenvalue weighted by Crippen LogP contribution is 2.11. The van der Waals surface area contributed by atoms with Crippen LogP contribution in [0.5, 0.6) is 0 Å². The Bertz CT molecular complexity index is 755. The molecule has 0 spiro atoms. The molecule has 0 saturated carbocycles. The summed E-state index contributed by atoms with van der Waals surface area (Å²) in [4.78, 5) is 19.4. The van der Waals surface area contributed by atoms with Crippen molar-refractivity contribution >= 4 is 15.8 Å². The molecule has 110 valence electrons. The lowest BCUT2D eigenvalue weighted by atomic mass is 10.2. The predicted molar refractivity (Wildman–Crippen MR) is 77.2 cm³/mol. The molecule has 0 aliphatic carbocycles. The largest absolute Gasteiger partial charge is 0.295 e. The summed E-state index contributed by atoms with van der Waals surface area (Å²) in [7, 11) is -3.64. The molecule has 2 rings (SSSR count). The summed E-state index contributed by atoms with van der Waals surface area (Å²) in [5.74, 6) is 0.473. The molecule has 21 heavy (non-hydrogen) atoms. The second-order valence-corrected chi connectivity index (χ2v) is 6.27. The molecule has 0 unspecified atom stereocenters. The summed E-state index contributed by atoms with van der Waals surface area (Å²) in [6.07, 6.45) is 1.58. The van der Waals surface area contributed by atoms with E-state index in [1.165, 1.54) is 31.2 Å². The van der Waals surface area contributed by atoms with Crippen molar-refractivity contribution in [3.63, 3.8) is 0 Å². The lowest BCUT2D eigenvalue weighted by Gasteiger charge is -2.07. The van der Waals surface area contributed by atoms with Crippen LogP contribution in [0, 0.1) is 6.92 Å². The van der Waals surface area contributed by atoms with Crippen LogP contribution in [0.25, 0.3) is 0 Å². The van der Waals surface area contributed by atoms with Crippen molar-refractivity contribution in [1.82, 2.24) is 14.7 Å². The van der Waals surface area contributed by atoms with Gasteiger partial charge in [-0.2, -0.15) is 0 Å². The van der Waals surface area contributed by atoms with E-state index in [0.29, 0.717) is 17.1 Å². The lowest BCUT2D eigenvalue weighted by molar-refractivity contribution is 0.101. The van der Waals surface area contributed by atoms with E-state index in [2.05, 4.69) is 14.7 Å². The van der Waals surface area contributed by atoms with Gasteiger partial charge in [0.15, 0.2) is 5.78 Å².